The van der Waals surface area contributed by atoms with Crippen LogP contribution in [0.4, 0.5) is 10.2 Å². The standard InChI is InChI=1S/C14H24FN3O2/c1-16-10-12-9-13(15)11-17-14(12)18(6-8-20-3)5-4-7-19-2/h9,11,16H,4-8,10H2,1-3H3. The number of hydrogen-bond acceptors (Lipinski definition) is 5. The van der Waals surface area contributed by atoms with E-state index in [2.05, 4.69) is 15.2 Å². The molecule has 0 unspecified atom stereocenters. The first-order valence-electron chi connectivity index (χ1n) is 6.74. The van der Waals surface area contributed by atoms with Crippen molar-refractivity contribution >= 4 is 5.82 Å². The van der Waals surface area contributed by atoms with Crippen LogP contribution in [0.1, 0.15) is 12.0 Å². The second-order valence-corrected chi connectivity index (χ2v) is 4.49. The van der Waals surface area contributed by atoms with Crippen molar-refractivity contribution in [3.63, 3.8) is 0 Å². The Labute approximate surface area is 120 Å². The van der Waals surface area contributed by atoms with E-state index in [9.17, 15) is 4.39 Å². The van der Waals surface area contributed by atoms with E-state index in [1.54, 1.807) is 14.2 Å². The van der Waals surface area contributed by atoms with Crippen molar-refractivity contribution in [3.05, 3.63) is 23.6 Å². The molecule has 0 radical (unpaired) electrons. The summed E-state index contributed by atoms with van der Waals surface area (Å²) < 4.78 is 23.6. The molecule has 1 N–H and O–H groups in total. The molecule has 20 heavy (non-hydrogen) atoms. The first-order valence-corrected chi connectivity index (χ1v) is 6.74. The van der Waals surface area contributed by atoms with Crippen LogP contribution in [-0.4, -0.2) is 52.6 Å². The largest absolute Gasteiger partial charge is 0.385 e. The summed E-state index contributed by atoms with van der Waals surface area (Å²) in [6.45, 7) is 3.38. The maximum Gasteiger partial charge on any atom is 0.141 e. The Balaban J connectivity index is 2.86. The smallest absolute Gasteiger partial charge is 0.141 e. The molecule has 0 fully saturated rings. The van der Waals surface area contributed by atoms with Gasteiger partial charge in [-0.3, -0.25) is 0 Å². The van der Waals surface area contributed by atoms with Gasteiger partial charge in [-0.05, 0) is 19.5 Å². The van der Waals surface area contributed by atoms with Crippen LogP contribution >= 0.6 is 0 Å². The van der Waals surface area contributed by atoms with Crippen LogP contribution in [0, 0.1) is 5.82 Å². The molecule has 114 valence electrons. The zero-order valence-corrected chi connectivity index (χ0v) is 12.5. The van der Waals surface area contributed by atoms with E-state index < -0.39 is 0 Å². The van der Waals surface area contributed by atoms with Gasteiger partial charge in [-0.2, -0.15) is 0 Å². The van der Waals surface area contributed by atoms with Crippen molar-refractivity contribution in [2.75, 3.05) is 52.5 Å². The number of rotatable bonds is 10. The van der Waals surface area contributed by atoms with Crippen LogP contribution in [0.2, 0.25) is 0 Å². The highest BCUT2D eigenvalue weighted by Gasteiger charge is 2.13. The molecule has 6 heteroatoms. The SMILES string of the molecule is CNCc1cc(F)cnc1N(CCCOC)CCOC. The average Bonchev–Trinajstić information content (AvgIpc) is 2.44. The summed E-state index contributed by atoms with van der Waals surface area (Å²) in [5.74, 6) is 0.483. The lowest BCUT2D eigenvalue weighted by atomic mass is 10.2. The number of halogens is 1. The van der Waals surface area contributed by atoms with Crippen LogP contribution in [-0.2, 0) is 16.0 Å². The van der Waals surface area contributed by atoms with Gasteiger partial charge in [0.15, 0.2) is 0 Å². The predicted molar refractivity (Wildman–Crippen MR) is 77.5 cm³/mol. The Kier molecular flexibility index (Phi) is 8.10. The van der Waals surface area contributed by atoms with Gasteiger partial charge in [-0.25, -0.2) is 9.37 Å². The monoisotopic (exact) mass is 285 g/mol. The Morgan fingerprint density at radius 1 is 1.25 bits per heavy atom. The van der Waals surface area contributed by atoms with Crippen LogP contribution in [0.3, 0.4) is 0 Å². The second kappa shape index (κ2) is 9.63. The Hall–Kier alpha value is -1.24. The summed E-state index contributed by atoms with van der Waals surface area (Å²) in [5, 5.41) is 3.04. The molecule has 0 saturated heterocycles. The molecular formula is C14H24FN3O2. The molecule has 1 rings (SSSR count). The third kappa shape index (κ3) is 5.40. The molecule has 0 aromatic carbocycles. The molecule has 0 aliphatic heterocycles. The minimum absolute atomic E-state index is 0.317. The van der Waals surface area contributed by atoms with Gasteiger partial charge in [0.1, 0.15) is 11.6 Å². The third-order valence-electron chi connectivity index (χ3n) is 2.92. The zero-order chi connectivity index (χ0) is 14.8. The highest BCUT2D eigenvalue weighted by atomic mass is 19.1. The van der Waals surface area contributed by atoms with Gasteiger partial charge in [-0.1, -0.05) is 0 Å². The maximum atomic E-state index is 13.3. The maximum absolute atomic E-state index is 13.3. The summed E-state index contributed by atoms with van der Waals surface area (Å²) in [7, 11) is 5.18. The minimum Gasteiger partial charge on any atom is -0.385 e. The van der Waals surface area contributed by atoms with Gasteiger partial charge < -0.3 is 19.7 Å². The molecule has 0 amide bonds. The van der Waals surface area contributed by atoms with Crippen molar-refractivity contribution in [2.24, 2.45) is 0 Å². The molecule has 0 bridgehead atoms. The number of pyridine rings is 1. The number of ether oxygens (including phenoxy) is 2. The van der Waals surface area contributed by atoms with Crippen LogP contribution in [0.15, 0.2) is 12.3 Å². The van der Waals surface area contributed by atoms with Crippen molar-refractivity contribution in [3.8, 4) is 0 Å². The van der Waals surface area contributed by atoms with Gasteiger partial charge in [0.05, 0.1) is 12.8 Å². The van der Waals surface area contributed by atoms with E-state index >= 15 is 0 Å². The molecule has 1 aromatic rings. The topological polar surface area (TPSA) is 46.6 Å². The zero-order valence-electron chi connectivity index (χ0n) is 12.5. The lowest BCUT2D eigenvalue weighted by molar-refractivity contribution is 0.191. The lowest BCUT2D eigenvalue weighted by Gasteiger charge is -2.25. The average molecular weight is 285 g/mol. The van der Waals surface area contributed by atoms with Gasteiger partial charge in [0.25, 0.3) is 0 Å². The molecule has 0 saturated carbocycles. The normalized spacial score (nSPS) is 10.8. The molecule has 1 heterocycles. The lowest BCUT2D eigenvalue weighted by Crippen LogP contribution is -2.31. The second-order valence-electron chi connectivity index (χ2n) is 4.49. The highest BCUT2D eigenvalue weighted by molar-refractivity contribution is 5.47. The van der Waals surface area contributed by atoms with Crippen molar-refractivity contribution in [1.29, 1.82) is 0 Å². The van der Waals surface area contributed by atoms with Gasteiger partial charge in [0.2, 0.25) is 0 Å². The summed E-state index contributed by atoms with van der Waals surface area (Å²) in [4.78, 5) is 6.35. The van der Waals surface area contributed by atoms with Crippen LogP contribution in [0.25, 0.3) is 0 Å². The summed E-state index contributed by atoms with van der Waals surface area (Å²) >= 11 is 0. The first-order chi connectivity index (χ1) is 9.72. The number of methoxy groups -OCH3 is 2. The molecule has 5 nitrogen and oxygen atoms in total. The Morgan fingerprint density at radius 3 is 2.65 bits per heavy atom. The highest BCUT2D eigenvalue weighted by Crippen LogP contribution is 2.18. The van der Waals surface area contributed by atoms with E-state index in [-0.39, 0.29) is 5.82 Å². The van der Waals surface area contributed by atoms with E-state index in [1.807, 2.05) is 7.05 Å². The van der Waals surface area contributed by atoms with E-state index in [4.69, 9.17) is 9.47 Å². The summed E-state index contributed by atoms with van der Waals surface area (Å²) in [5.41, 5.74) is 0.848. The van der Waals surface area contributed by atoms with Crippen molar-refractivity contribution in [1.82, 2.24) is 10.3 Å². The molecule has 0 atom stereocenters. The van der Waals surface area contributed by atoms with E-state index in [0.717, 1.165) is 30.9 Å². The predicted octanol–water partition coefficient (Wildman–Crippen LogP) is 1.43. The summed E-state index contributed by atoms with van der Waals surface area (Å²) in [6, 6.07) is 1.52. The number of anilines is 1. The molecule has 0 aliphatic carbocycles. The van der Waals surface area contributed by atoms with E-state index in [1.165, 1.54) is 12.3 Å². The Bertz CT molecular complexity index is 391. The van der Waals surface area contributed by atoms with E-state index in [0.29, 0.717) is 19.8 Å². The van der Waals surface area contributed by atoms with Crippen LogP contribution in [0.5, 0.6) is 0 Å². The fourth-order valence-corrected chi connectivity index (χ4v) is 2.00. The number of nitrogens with one attached hydrogen (secondary N) is 1. The van der Waals surface area contributed by atoms with Gasteiger partial charge in [0, 0.05) is 46.0 Å². The first kappa shape index (κ1) is 16.8. The van der Waals surface area contributed by atoms with Crippen LogP contribution < -0.4 is 10.2 Å². The fourth-order valence-electron chi connectivity index (χ4n) is 2.00. The van der Waals surface area contributed by atoms with Crippen molar-refractivity contribution in [2.45, 2.75) is 13.0 Å². The Morgan fingerprint density at radius 2 is 2.00 bits per heavy atom. The van der Waals surface area contributed by atoms with Crippen molar-refractivity contribution < 1.29 is 13.9 Å². The fraction of sp³-hybridized carbons (Fsp3) is 0.643. The molecule has 1 aromatic heterocycles. The molecule has 0 spiro atoms. The third-order valence-corrected chi connectivity index (χ3v) is 2.92. The summed E-state index contributed by atoms with van der Waals surface area (Å²) in [6.07, 6.45) is 2.14. The number of hydrogen-bond donors (Lipinski definition) is 1. The van der Waals surface area contributed by atoms with Gasteiger partial charge in [-0.15, -0.1) is 0 Å². The molecular weight excluding hydrogens is 261 g/mol. The number of nitrogens with zero attached hydrogens (tertiary/aromatic N) is 2. The van der Waals surface area contributed by atoms with Gasteiger partial charge >= 0.3 is 0 Å². The number of aromatic nitrogens is 1. The minimum atomic E-state index is -0.317. The molecule has 0 aliphatic rings. The quantitative estimate of drug-likeness (QED) is 0.659.